The second kappa shape index (κ2) is 7.82. The molecule has 0 bridgehead atoms. The first-order valence-corrected chi connectivity index (χ1v) is 10.2. The van der Waals surface area contributed by atoms with Gasteiger partial charge in [0.05, 0.1) is 17.1 Å². The van der Waals surface area contributed by atoms with Crippen LogP contribution in [-0.4, -0.2) is 31.5 Å². The number of anilines is 1. The third kappa shape index (κ3) is 3.61. The van der Waals surface area contributed by atoms with Crippen molar-refractivity contribution < 1.29 is 4.79 Å². The van der Waals surface area contributed by atoms with Gasteiger partial charge in [0.25, 0.3) is 5.91 Å². The molecular weight excluding hydrogens is 370 g/mol. The van der Waals surface area contributed by atoms with Crippen molar-refractivity contribution in [1.29, 1.82) is 0 Å². The molecule has 6 nitrogen and oxygen atoms in total. The Kier molecular flexibility index (Phi) is 5.08. The maximum Gasteiger partial charge on any atom is 0.258 e. The Labute approximate surface area is 167 Å². The number of amides is 1. The van der Waals surface area contributed by atoms with Crippen molar-refractivity contribution in [3.8, 4) is 11.4 Å². The summed E-state index contributed by atoms with van der Waals surface area (Å²) in [6.07, 6.45) is 5.64. The number of nitrogens with zero attached hydrogens (tertiary/aromatic N) is 4. The number of hydrogen-bond acceptors (Lipinski definition) is 5. The minimum Gasteiger partial charge on any atom is -0.298 e. The van der Waals surface area contributed by atoms with Crippen LogP contribution in [0, 0.1) is 6.92 Å². The molecule has 3 aromatic heterocycles. The molecule has 0 atom stereocenters. The maximum absolute atomic E-state index is 12.5. The molecule has 140 valence electrons. The predicted octanol–water partition coefficient (Wildman–Crippen LogP) is 4.22. The third-order valence-corrected chi connectivity index (χ3v) is 4.98. The largest absolute Gasteiger partial charge is 0.298 e. The van der Waals surface area contributed by atoms with E-state index in [0.717, 1.165) is 22.8 Å². The quantitative estimate of drug-likeness (QED) is 0.553. The predicted molar refractivity (Wildman–Crippen MR) is 113 cm³/mol. The number of pyridine rings is 1. The number of rotatable bonds is 5. The van der Waals surface area contributed by atoms with Gasteiger partial charge >= 0.3 is 0 Å². The lowest BCUT2D eigenvalue weighted by Crippen LogP contribution is -2.14. The lowest BCUT2D eigenvalue weighted by atomic mass is 10.1. The van der Waals surface area contributed by atoms with Crippen LogP contribution in [0.15, 0.2) is 60.9 Å². The van der Waals surface area contributed by atoms with Gasteiger partial charge in [-0.2, -0.15) is 11.8 Å². The molecule has 0 radical (unpaired) electrons. The summed E-state index contributed by atoms with van der Waals surface area (Å²) in [5.74, 6) is 0.954. The molecule has 3 heterocycles. The van der Waals surface area contributed by atoms with Gasteiger partial charge in [-0.25, -0.2) is 15.0 Å². The summed E-state index contributed by atoms with van der Waals surface area (Å²) in [5.41, 5.74) is 5.07. The summed E-state index contributed by atoms with van der Waals surface area (Å²) in [6, 6.07) is 15.2. The minimum absolute atomic E-state index is 0.234. The topological polar surface area (TPSA) is 72.2 Å². The van der Waals surface area contributed by atoms with Gasteiger partial charge in [-0.15, -0.1) is 0 Å². The fourth-order valence-corrected chi connectivity index (χ4v) is 3.59. The molecule has 1 amide bonds. The van der Waals surface area contributed by atoms with E-state index in [1.54, 1.807) is 18.0 Å². The highest BCUT2D eigenvalue weighted by Gasteiger charge is 2.14. The minimum atomic E-state index is -0.234. The average molecular weight is 389 g/mol. The highest BCUT2D eigenvalue weighted by atomic mass is 32.2. The lowest BCUT2D eigenvalue weighted by molar-refractivity contribution is 0.102. The SMILES string of the molecule is CSCc1ccc(C(=O)Nc2nccc(-c3c(C)nc4ccccn34)n2)cc1. The van der Waals surface area contributed by atoms with Gasteiger partial charge in [-0.1, -0.05) is 18.2 Å². The Balaban J connectivity index is 1.60. The Morgan fingerprint density at radius 3 is 2.71 bits per heavy atom. The number of benzene rings is 1. The van der Waals surface area contributed by atoms with Crippen LogP contribution < -0.4 is 5.32 Å². The van der Waals surface area contributed by atoms with Crippen LogP contribution >= 0.6 is 11.8 Å². The van der Waals surface area contributed by atoms with E-state index in [9.17, 15) is 4.79 Å². The summed E-state index contributed by atoms with van der Waals surface area (Å²) in [7, 11) is 0. The molecule has 0 aliphatic heterocycles. The van der Waals surface area contributed by atoms with E-state index in [1.165, 1.54) is 5.56 Å². The van der Waals surface area contributed by atoms with Gasteiger partial charge in [0.1, 0.15) is 5.65 Å². The molecule has 4 aromatic rings. The maximum atomic E-state index is 12.5. The molecule has 0 unspecified atom stereocenters. The normalized spacial score (nSPS) is 10.9. The molecule has 28 heavy (non-hydrogen) atoms. The highest BCUT2D eigenvalue weighted by Crippen LogP contribution is 2.23. The zero-order valence-electron chi connectivity index (χ0n) is 15.6. The summed E-state index contributed by atoms with van der Waals surface area (Å²) >= 11 is 1.75. The van der Waals surface area contributed by atoms with E-state index in [1.807, 2.05) is 66.1 Å². The molecule has 0 aliphatic carbocycles. The van der Waals surface area contributed by atoms with Gasteiger partial charge in [0.15, 0.2) is 0 Å². The van der Waals surface area contributed by atoms with Crippen LogP contribution in [0.25, 0.3) is 17.0 Å². The number of thioether (sulfide) groups is 1. The number of nitrogens with one attached hydrogen (secondary N) is 1. The van der Waals surface area contributed by atoms with Crippen molar-refractivity contribution >= 4 is 29.3 Å². The molecule has 4 rings (SSSR count). The van der Waals surface area contributed by atoms with Crippen molar-refractivity contribution in [3.63, 3.8) is 0 Å². The number of fused-ring (bicyclic) bond motifs is 1. The molecule has 0 fully saturated rings. The van der Waals surface area contributed by atoms with Gasteiger partial charge in [0.2, 0.25) is 5.95 Å². The molecule has 0 saturated heterocycles. The number of aryl methyl sites for hydroxylation is 1. The Hall–Kier alpha value is -3.19. The van der Waals surface area contributed by atoms with E-state index in [-0.39, 0.29) is 11.9 Å². The summed E-state index contributed by atoms with van der Waals surface area (Å²) in [5, 5.41) is 2.78. The Morgan fingerprint density at radius 1 is 1.11 bits per heavy atom. The number of carbonyl (C=O) groups excluding carboxylic acids is 1. The second-order valence-corrected chi connectivity index (χ2v) is 7.19. The molecular formula is C21H19N5OS. The number of carbonyl (C=O) groups is 1. The molecule has 0 saturated carbocycles. The van der Waals surface area contributed by atoms with E-state index in [2.05, 4.69) is 26.5 Å². The van der Waals surface area contributed by atoms with Crippen LogP contribution in [-0.2, 0) is 5.75 Å². The average Bonchev–Trinajstić information content (AvgIpc) is 3.04. The van der Waals surface area contributed by atoms with Crippen molar-refractivity contribution in [2.24, 2.45) is 0 Å². The number of hydrogen-bond donors (Lipinski definition) is 1. The summed E-state index contributed by atoms with van der Waals surface area (Å²) < 4.78 is 1.98. The van der Waals surface area contributed by atoms with Crippen LogP contribution in [0.1, 0.15) is 21.6 Å². The Morgan fingerprint density at radius 2 is 1.93 bits per heavy atom. The van der Waals surface area contributed by atoms with E-state index >= 15 is 0 Å². The molecule has 1 N–H and O–H groups in total. The van der Waals surface area contributed by atoms with Crippen LogP contribution in [0.5, 0.6) is 0 Å². The van der Waals surface area contributed by atoms with E-state index in [0.29, 0.717) is 11.3 Å². The first-order chi connectivity index (χ1) is 13.7. The summed E-state index contributed by atoms with van der Waals surface area (Å²) in [6.45, 7) is 1.94. The molecule has 0 spiro atoms. The molecule has 0 aliphatic rings. The molecule has 1 aromatic carbocycles. The fraction of sp³-hybridized carbons (Fsp3) is 0.143. The van der Waals surface area contributed by atoms with Gasteiger partial charge in [-0.3, -0.25) is 14.5 Å². The monoisotopic (exact) mass is 389 g/mol. The highest BCUT2D eigenvalue weighted by molar-refractivity contribution is 7.97. The zero-order valence-corrected chi connectivity index (χ0v) is 16.4. The van der Waals surface area contributed by atoms with Crippen LogP contribution in [0.3, 0.4) is 0 Å². The first-order valence-electron chi connectivity index (χ1n) is 8.82. The van der Waals surface area contributed by atoms with Gasteiger partial charge in [-0.05, 0) is 49.1 Å². The van der Waals surface area contributed by atoms with Crippen molar-refractivity contribution in [3.05, 3.63) is 77.7 Å². The Bertz CT molecular complexity index is 1140. The van der Waals surface area contributed by atoms with E-state index < -0.39 is 0 Å². The molecule has 7 heteroatoms. The van der Waals surface area contributed by atoms with Crippen molar-refractivity contribution in [2.45, 2.75) is 12.7 Å². The van der Waals surface area contributed by atoms with Crippen molar-refractivity contribution in [1.82, 2.24) is 19.4 Å². The first kappa shape index (κ1) is 18.2. The number of aromatic nitrogens is 4. The van der Waals surface area contributed by atoms with Crippen LogP contribution in [0.4, 0.5) is 5.95 Å². The second-order valence-electron chi connectivity index (χ2n) is 6.32. The standard InChI is InChI=1S/C21H19N5OS/c1-14-19(26-12-4-3-5-18(26)23-14)17-10-11-22-21(24-17)25-20(27)16-8-6-15(7-9-16)13-28-2/h3-12H,13H2,1-2H3,(H,22,24,25,27). The number of imidazole rings is 1. The zero-order chi connectivity index (χ0) is 19.5. The van der Waals surface area contributed by atoms with Gasteiger partial charge in [0, 0.05) is 23.7 Å². The van der Waals surface area contributed by atoms with Gasteiger partial charge < -0.3 is 0 Å². The van der Waals surface area contributed by atoms with E-state index in [4.69, 9.17) is 0 Å². The summed E-state index contributed by atoms with van der Waals surface area (Å²) in [4.78, 5) is 25.8. The smallest absolute Gasteiger partial charge is 0.258 e. The van der Waals surface area contributed by atoms with Crippen LogP contribution in [0.2, 0.25) is 0 Å². The fourth-order valence-electron chi connectivity index (χ4n) is 3.07. The third-order valence-electron chi connectivity index (χ3n) is 4.35. The van der Waals surface area contributed by atoms with Crippen molar-refractivity contribution in [2.75, 3.05) is 11.6 Å². The lowest BCUT2D eigenvalue weighted by Gasteiger charge is -2.07.